The Morgan fingerprint density at radius 1 is 1.37 bits per heavy atom. The molecule has 0 radical (unpaired) electrons. The number of halogens is 1. The number of esters is 2. The Morgan fingerprint density at radius 2 is 2.07 bits per heavy atom. The van der Waals surface area contributed by atoms with Crippen molar-refractivity contribution in [1.82, 2.24) is 9.78 Å². The van der Waals surface area contributed by atoms with Gasteiger partial charge in [-0.3, -0.25) is 9.48 Å². The summed E-state index contributed by atoms with van der Waals surface area (Å²) in [5.41, 5.74) is 0.556. The van der Waals surface area contributed by atoms with Gasteiger partial charge in [-0.2, -0.15) is 5.10 Å². The van der Waals surface area contributed by atoms with E-state index in [1.165, 1.54) is 13.3 Å². The quantitative estimate of drug-likeness (QED) is 0.700. The van der Waals surface area contributed by atoms with Gasteiger partial charge in [0.2, 0.25) is 5.91 Å². The van der Waals surface area contributed by atoms with Crippen LogP contribution in [0.5, 0.6) is 0 Å². The van der Waals surface area contributed by atoms with Crippen molar-refractivity contribution in [3.05, 3.63) is 33.4 Å². The lowest BCUT2D eigenvalue weighted by atomic mass is 10.1. The molecule has 0 aliphatic rings. The Labute approximate surface area is 165 Å². The first-order valence-electron chi connectivity index (χ1n) is 8.16. The molecule has 2 aromatic heterocycles. The van der Waals surface area contributed by atoms with Gasteiger partial charge in [-0.1, -0.05) is 18.5 Å². The van der Waals surface area contributed by atoms with Crippen molar-refractivity contribution in [2.24, 2.45) is 5.92 Å². The normalized spacial score (nSPS) is 11.7. The molecular formula is C17H20ClN3O5S. The summed E-state index contributed by atoms with van der Waals surface area (Å²) >= 11 is 6.81. The van der Waals surface area contributed by atoms with E-state index in [0.717, 1.165) is 11.3 Å². The molecule has 0 bridgehead atoms. The van der Waals surface area contributed by atoms with E-state index in [9.17, 15) is 14.4 Å². The van der Waals surface area contributed by atoms with E-state index in [2.05, 4.69) is 10.4 Å². The topological polar surface area (TPSA) is 99.5 Å². The Hall–Kier alpha value is -2.39. The highest BCUT2D eigenvalue weighted by atomic mass is 35.5. The maximum Gasteiger partial charge on any atom is 0.348 e. The highest BCUT2D eigenvalue weighted by molar-refractivity contribution is 7.18. The van der Waals surface area contributed by atoms with Crippen LogP contribution < -0.4 is 5.32 Å². The maximum absolute atomic E-state index is 12.6. The third kappa shape index (κ3) is 4.86. The van der Waals surface area contributed by atoms with Crippen LogP contribution in [0.3, 0.4) is 0 Å². The zero-order valence-electron chi connectivity index (χ0n) is 15.4. The average Bonchev–Trinajstić information content (AvgIpc) is 3.17. The van der Waals surface area contributed by atoms with Crippen molar-refractivity contribution >= 4 is 45.8 Å². The van der Waals surface area contributed by atoms with Crippen molar-refractivity contribution in [2.75, 3.05) is 19.0 Å². The van der Waals surface area contributed by atoms with Gasteiger partial charge in [0.1, 0.15) is 9.88 Å². The number of methoxy groups -OCH3 is 1. The van der Waals surface area contributed by atoms with Crippen molar-refractivity contribution in [3.63, 3.8) is 0 Å². The second-order valence-electron chi connectivity index (χ2n) is 5.74. The molecule has 0 aromatic carbocycles. The monoisotopic (exact) mass is 413 g/mol. The number of rotatable bonds is 7. The molecule has 2 rings (SSSR count). The fraction of sp³-hybridized carbons (Fsp3) is 0.412. The van der Waals surface area contributed by atoms with E-state index in [4.69, 9.17) is 21.1 Å². The summed E-state index contributed by atoms with van der Waals surface area (Å²) in [6.07, 6.45) is 3.09. The highest BCUT2D eigenvalue weighted by Gasteiger charge is 2.28. The molecule has 1 N–H and O–H groups in total. The van der Waals surface area contributed by atoms with Crippen LogP contribution in [0.4, 0.5) is 5.00 Å². The first-order valence-corrected chi connectivity index (χ1v) is 9.35. The second-order valence-corrected chi connectivity index (χ2v) is 7.20. The van der Waals surface area contributed by atoms with Gasteiger partial charge < -0.3 is 14.8 Å². The number of hydrogen-bond acceptors (Lipinski definition) is 7. The summed E-state index contributed by atoms with van der Waals surface area (Å²) in [6.45, 7) is 5.53. The molecule has 1 amide bonds. The Balaban J connectivity index is 2.25. The molecule has 2 aromatic rings. The number of carbonyl (C=O) groups excluding carboxylic acids is 3. The van der Waals surface area contributed by atoms with Crippen LogP contribution in [0.15, 0.2) is 12.4 Å². The van der Waals surface area contributed by atoms with E-state index in [0.29, 0.717) is 17.1 Å². The van der Waals surface area contributed by atoms with E-state index < -0.39 is 17.9 Å². The summed E-state index contributed by atoms with van der Waals surface area (Å²) in [7, 11) is 1.24. The minimum atomic E-state index is -0.638. The number of amides is 1. The van der Waals surface area contributed by atoms with Gasteiger partial charge in [-0.15, -0.1) is 11.3 Å². The minimum Gasteiger partial charge on any atom is -0.465 e. The number of nitrogens with one attached hydrogen (secondary N) is 1. The maximum atomic E-state index is 12.6. The average molecular weight is 414 g/mol. The number of thiophene rings is 1. The van der Waals surface area contributed by atoms with Crippen molar-refractivity contribution < 1.29 is 23.9 Å². The van der Waals surface area contributed by atoms with Gasteiger partial charge in [0.15, 0.2) is 0 Å². The predicted octanol–water partition coefficient (Wildman–Crippen LogP) is 3.14. The van der Waals surface area contributed by atoms with E-state index in [1.807, 2.05) is 0 Å². The summed E-state index contributed by atoms with van der Waals surface area (Å²) in [4.78, 5) is 37.1. The molecule has 1 atom stereocenters. The number of ether oxygens (including phenoxy) is 2. The van der Waals surface area contributed by atoms with Crippen LogP contribution in [-0.2, 0) is 20.8 Å². The smallest absolute Gasteiger partial charge is 0.348 e. The molecule has 0 spiro atoms. The molecule has 2 heterocycles. The molecule has 8 nitrogen and oxygen atoms in total. The van der Waals surface area contributed by atoms with Crippen LogP contribution in [0.2, 0.25) is 5.02 Å². The van der Waals surface area contributed by atoms with Crippen LogP contribution in [-0.4, -0.2) is 41.3 Å². The van der Waals surface area contributed by atoms with Gasteiger partial charge in [-0.25, -0.2) is 9.59 Å². The summed E-state index contributed by atoms with van der Waals surface area (Å²) in [6, 6.07) is 0. The Kier molecular flexibility index (Phi) is 6.98. The van der Waals surface area contributed by atoms with E-state index in [-0.39, 0.29) is 28.0 Å². The van der Waals surface area contributed by atoms with Crippen molar-refractivity contribution in [1.29, 1.82) is 0 Å². The number of hydrogen-bond donors (Lipinski definition) is 1. The fourth-order valence-electron chi connectivity index (χ4n) is 2.38. The van der Waals surface area contributed by atoms with Crippen LogP contribution in [0.25, 0.3) is 0 Å². The van der Waals surface area contributed by atoms with E-state index >= 15 is 0 Å². The summed E-state index contributed by atoms with van der Waals surface area (Å²) in [5, 5.41) is 7.47. The molecule has 0 saturated heterocycles. The largest absolute Gasteiger partial charge is 0.465 e. The zero-order valence-corrected chi connectivity index (χ0v) is 16.9. The molecule has 0 fully saturated rings. The first-order chi connectivity index (χ1) is 12.8. The van der Waals surface area contributed by atoms with Gasteiger partial charge in [-0.05, 0) is 19.4 Å². The summed E-state index contributed by atoms with van der Waals surface area (Å²) in [5.74, 6) is -1.98. The Bertz CT molecular complexity index is 861. The number of carbonyl (C=O) groups is 3. The molecule has 0 aliphatic heterocycles. The number of anilines is 1. The number of aromatic nitrogens is 2. The molecule has 27 heavy (non-hydrogen) atoms. The Morgan fingerprint density at radius 3 is 2.63 bits per heavy atom. The fourth-order valence-corrected chi connectivity index (χ4v) is 3.63. The first kappa shape index (κ1) is 20.9. The zero-order chi connectivity index (χ0) is 20.1. The van der Waals surface area contributed by atoms with E-state index in [1.54, 1.807) is 31.6 Å². The SMILES string of the molecule is CCOC(=O)c1sc(NC(=O)C(C)Cn2cc(Cl)cn2)c(C(=O)OC)c1C. The molecule has 0 aliphatic carbocycles. The second kappa shape index (κ2) is 9.01. The summed E-state index contributed by atoms with van der Waals surface area (Å²) < 4.78 is 11.3. The lowest BCUT2D eigenvalue weighted by Crippen LogP contribution is -2.25. The number of nitrogens with zero attached hydrogens (tertiary/aromatic N) is 2. The highest BCUT2D eigenvalue weighted by Crippen LogP contribution is 2.34. The van der Waals surface area contributed by atoms with Crippen molar-refractivity contribution in [2.45, 2.75) is 27.3 Å². The minimum absolute atomic E-state index is 0.147. The third-order valence-corrected chi connectivity index (χ3v) is 5.13. The van der Waals surface area contributed by atoms with Gasteiger partial charge in [0, 0.05) is 6.20 Å². The van der Waals surface area contributed by atoms with Gasteiger partial charge in [0.25, 0.3) is 0 Å². The molecule has 1 unspecified atom stereocenters. The van der Waals surface area contributed by atoms with Gasteiger partial charge >= 0.3 is 11.9 Å². The lowest BCUT2D eigenvalue weighted by Gasteiger charge is -2.12. The van der Waals surface area contributed by atoms with Crippen LogP contribution in [0, 0.1) is 12.8 Å². The third-order valence-electron chi connectivity index (χ3n) is 3.74. The van der Waals surface area contributed by atoms with Gasteiger partial charge in [0.05, 0.1) is 43.0 Å². The predicted molar refractivity (Wildman–Crippen MR) is 101 cm³/mol. The standard InChI is InChI=1S/C17H20ClN3O5S/c1-5-26-17(24)13-10(3)12(16(23)25-4)15(27-13)20-14(22)9(2)7-21-8-11(18)6-19-21/h6,8-9H,5,7H2,1-4H3,(H,20,22). The molecule has 0 saturated carbocycles. The molecular weight excluding hydrogens is 394 g/mol. The molecule has 10 heteroatoms. The lowest BCUT2D eigenvalue weighted by molar-refractivity contribution is -0.119. The van der Waals surface area contributed by atoms with Crippen LogP contribution in [0.1, 0.15) is 39.4 Å². The van der Waals surface area contributed by atoms with Crippen molar-refractivity contribution in [3.8, 4) is 0 Å². The molecule has 146 valence electrons. The van der Waals surface area contributed by atoms with Crippen LogP contribution >= 0.6 is 22.9 Å².